The van der Waals surface area contributed by atoms with Crippen LogP contribution in [0, 0.1) is 0 Å². The average molecular weight is 281 g/mol. The van der Waals surface area contributed by atoms with Crippen LogP contribution in [0.1, 0.15) is 10.4 Å². The summed E-state index contributed by atoms with van der Waals surface area (Å²) in [6.07, 6.45) is 1.87. The van der Waals surface area contributed by atoms with Gasteiger partial charge in [0.2, 0.25) is 0 Å². The lowest BCUT2D eigenvalue weighted by atomic mass is 9.97. The minimum atomic E-state index is -0.923. The molecule has 3 aromatic rings. The Morgan fingerprint density at radius 2 is 1.81 bits per heavy atom. The van der Waals surface area contributed by atoms with Crippen LogP contribution in [-0.4, -0.2) is 22.8 Å². The van der Waals surface area contributed by atoms with Gasteiger partial charge in [0, 0.05) is 18.6 Å². The molecule has 1 aromatic heterocycles. The third-order valence-corrected chi connectivity index (χ3v) is 3.65. The summed E-state index contributed by atoms with van der Waals surface area (Å²) in [4.78, 5) is 11.7. The van der Waals surface area contributed by atoms with Crippen molar-refractivity contribution in [3.63, 3.8) is 0 Å². The molecule has 0 spiro atoms. The van der Waals surface area contributed by atoms with Gasteiger partial charge in [0.1, 0.15) is 5.75 Å². The van der Waals surface area contributed by atoms with Crippen LogP contribution < -0.4 is 4.74 Å². The van der Waals surface area contributed by atoms with E-state index in [4.69, 9.17) is 4.74 Å². The highest BCUT2D eigenvalue weighted by Gasteiger charge is 2.17. The summed E-state index contributed by atoms with van der Waals surface area (Å²) in [7, 11) is 3.46. The maximum Gasteiger partial charge on any atom is 0.338 e. The number of hydrogen-bond donors (Lipinski definition) is 1. The summed E-state index contributed by atoms with van der Waals surface area (Å²) < 4.78 is 6.98. The highest BCUT2D eigenvalue weighted by Crippen LogP contribution is 2.31. The van der Waals surface area contributed by atoms with Gasteiger partial charge in [-0.3, -0.25) is 0 Å². The number of aromatic carboxylic acids is 1. The molecule has 0 amide bonds. The zero-order chi connectivity index (χ0) is 15.0. The summed E-state index contributed by atoms with van der Waals surface area (Å²) in [5.41, 5.74) is 2.62. The maximum absolute atomic E-state index is 11.7. The largest absolute Gasteiger partial charge is 0.497 e. The summed E-state index contributed by atoms with van der Waals surface area (Å²) in [5.74, 6) is -0.177. The van der Waals surface area contributed by atoms with Crippen LogP contribution in [0.2, 0.25) is 0 Å². The summed E-state index contributed by atoms with van der Waals surface area (Å²) in [6, 6.07) is 13.1. The predicted molar refractivity (Wildman–Crippen MR) is 81.9 cm³/mol. The van der Waals surface area contributed by atoms with E-state index in [2.05, 4.69) is 0 Å². The Morgan fingerprint density at radius 3 is 2.43 bits per heavy atom. The van der Waals surface area contributed by atoms with Crippen LogP contribution >= 0.6 is 0 Å². The fraction of sp³-hybridized carbons (Fsp3) is 0.118. The number of methoxy groups -OCH3 is 1. The molecular weight excluding hydrogens is 266 g/mol. The standard InChI is InChI=1S/C17H15NO3/c1-18-10-9-12-5-8-14(15(16(12)18)17(19)20)11-3-6-13(21-2)7-4-11/h3-10H,1-2H3,(H,19,20). The second-order valence-corrected chi connectivity index (χ2v) is 4.89. The Hall–Kier alpha value is -2.75. The minimum absolute atomic E-state index is 0.324. The molecule has 3 rings (SSSR count). The fourth-order valence-corrected chi connectivity index (χ4v) is 2.62. The molecule has 2 aromatic carbocycles. The van der Waals surface area contributed by atoms with Crippen LogP contribution in [0.25, 0.3) is 22.0 Å². The lowest BCUT2D eigenvalue weighted by Gasteiger charge is -2.10. The summed E-state index contributed by atoms with van der Waals surface area (Å²) >= 11 is 0. The van der Waals surface area contributed by atoms with E-state index in [9.17, 15) is 9.90 Å². The molecule has 0 aliphatic rings. The van der Waals surface area contributed by atoms with Crippen LogP contribution in [0.15, 0.2) is 48.7 Å². The number of carboxylic acid groups (broad SMARTS) is 1. The lowest BCUT2D eigenvalue weighted by Crippen LogP contribution is -2.03. The van der Waals surface area contributed by atoms with Gasteiger partial charge in [0.25, 0.3) is 0 Å². The Kier molecular flexibility index (Phi) is 3.14. The van der Waals surface area contributed by atoms with Crippen LogP contribution in [0.4, 0.5) is 0 Å². The van der Waals surface area contributed by atoms with Gasteiger partial charge in [-0.25, -0.2) is 4.79 Å². The van der Waals surface area contributed by atoms with E-state index in [1.807, 2.05) is 60.3 Å². The number of hydrogen-bond acceptors (Lipinski definition) is 2. The van der Waals surface area contributed by atoms with Gasteiger partial charge in [-0.05, 0) is 29.3 Å². The number of benzene rings is 2. The second-order valence-electron chi connectivity index (χ2n) is 4.89. The molecule has 0 fully saturated rings. The molecule has 0 aliphatic heterocycles. The highest BCUT2D eigenvalue weighted by atomic mass is 16.5. The number of aryl methyl sites for hydroxylation is 1. The molecule has 0 radical (unpaired) electrons. The van der Waals surface area contributed by atoms with E-state index in [1.54, 1.807) is 7.11 Å². The van der Waals surface area contributed by atoms with Crippen molar-refractivity contribution in [2.45, 2.75) is 0 Å². The molecule has 0 unspecified atom stereocenters. The zero-order valence-corrected chi connectivity index (χ0v) is 11.8. The van der Waals surface area contributed by atoms with E-state index >= 15 is 0 Å². The van der Waals surface area contributed by atoms with Crippen LogP contribution in [0.3, 0.4) is 0 Å². The van der Waals surface area contributed by atoms with Crippen LogP contribution in [-0.2, 0) is 7.05 Å². The first-order valence-corrected chi connectivity index (χ1v) is 6.57. The van der Waals surface area contributed by atoms with E-state index in [-0.39, 0.29) is 0 Å². The quantitative estimate of drug-likeness (QED) is 0.798. The third kappa shape index (κ3) is 2.14. The molecule has 4 heteroatoms. The van der Waals surface area contributed by atoms with Gasteiger partial charge in [0.05, 0.1) is 18.2 Å². The SMILES string of the molecule is COc1ccc(-c2ccc3ccn(C)c3c2C(=O)O)cc1. The third-order valence-electron chi connectivity index (χ3n) is 3.65. The van der Waals surface area contributed by atoms with Crippen molar-refractivity contribution in [2.75, 3.05) is 7.11 Å². The molecule has 106 valence electrons. The van der Waals surface area contributed by atoms with Crippen molar-refractivity contribution in [1.82, 2.24) is 4.57 Å². The fourth-order valence-electron chi connectivity index (χ4n) is 2.62. The maximum atomic E-state index is 11.7. The van der Waals surface area contributed by atoms with Gasteiger partial charge in [-0.1, -0.05) is 24.3 Å². The summed E-state index contributed by atoms with van der Waals surface area (Å²) in [5, 5.41) is 10.6. The van der Waals surface area contributed by atoms with Gasteiger partial charge < -0.3 is 14.4 Å². The van der Waals surface area contributed by atoms with Crippen molar-refractivity contribution in [3.05, 3.63) is 54.2 Å². The zero-order valence-electron chi connectivity index (χ0n) is 11.8. The Balaban J connectivity index is 2.28. The van der Waals surface area contributed by atoms with Gasteiger partial charge >= 0.3 is 5.97 Å². The molecule has 0 saturated carbocycles. The Morgan fingerprint density at radius 1 is 1.10 bits per heavy atom. The van der Waals surface area contributed by atoms with Crippen molar-refractivity contribution in [2.24, 2.45) is 7.05 Å². The van der Waals surface area contributed by atoms with Crippen molar-refractivity contribution >= 4 is 16.9 Å². The Labute approximate surface area is 122 Å². The lowest BCUT2D eigenvalue weighted by molar-refractivity contribution is 0.0699. The number of ether oxygens (including phenoxy) is 1. The van der Waals surface area contributed by atoms with Gasteiger partial charge in [0.15, 0.2) is 0 Å². The minimum Gasteiger partial charge on any atom is -0.497 e. The van der Waals surface area contributed by atoms with Gasteiger partial charge in [-0.2, -0.15) is 0 Å². The molecule has 21 heavy (non-hydrogen) atoms. The number of rotatable bonds is 3. The molecule has 0 atom stereocenters. The number of aromatic nitrogens is 1. The predicted octanol–water partition coefficient (Wildman–Crippen LogP) is 3.55. The Bertz CT molecular complexity index is 816. The van der Waals surface area contributed by atoms with E-state index in [0.29, 0.717) is 11.1 Å². The molecule has 0 saturated heterocycles. The molecular formula is C17H15NO3. The van der Waals surface area contributed by atoms with Crippen LogP contribution in [0.5, 0.6) is 5.75 Å². The topological polar surface area (TPSA) is 51.5 Å². The summed E-state index contributed by atoms with van der Waals surface area (Å²) in [6.45, 7) is 0. The molecule has 0 aliphatic carbocycles. The van der Waals surface area contributed by atoms with Crippen molar-refractivity contribution in [3.8, 4) is 16.9 Å². The monoisotopic (exact) mass is 281 g/mol. The molecule has 4 nitrogen and oxygen atoms in total. The number of fused-ring (bicyclic) bond motifs is 1. The number of nitrogens with zero attached hydrogens (tertiary/aromatic N) is 1. The van der Waals surface area contributed by atoms with Crippen molar-refractivity contribution in [1.29, 1.82) is 0 Å². The smallest absolute Gasteiger partial charge is 0.338 e. The average Bonchev–Trinajstić information content (AvgIpc) is 2.88. The number of carboxylic acids is 1. The number of carbonyl (C=O) groups is 1. The first kappa shape index (κ1) is 13.2. The van der Waals surface area contributed by atoms with Gasteiger partial charge in [-0.15, -0.1) is 0 Å². The first-order valence-electron chi connectivity index (χ1n) is 6.57. The normalized spacial score (nSPS) is 10.8. The van der Waals surface area contributed by atoms with Crippen molar-refractivity contribution < 1.29 is 14.6 Å². The molecule has 1 heterocycles. The molecule has 0 bridgehead atoms. The van der Waals surface area contributed by atoms with E-state index in [0.717, 1.165) is 22.2 Å². The molecule has 1 N–H and O–H groups in total. The first-order chi connectivity index (χ1) is 10.1. The second kappa shape index (κ2) is 4.98. The highest BCUT2D eigenvalue weighted by molar-refractivity contribution is 6.08. The van der Waals surface area contributed by atoms with E-state index < -0.39 is 5.97 Å². The van der Waals surface area contributed by atoms with E-state index in [1.165, 1.54) is 0 Å².